The molecule has 0 aliphatic carbocycles. The fraction of sp³-hybridized carbons (Fsp3) is 0.714. The molecule has 2 unspecified atom stereocenters. The topological polar surface area (TPSA) is 40.5 Å². The molecule has 2 nitrogen and oxygen atoms in total. The lowest BCUT2D eigenvalue weighted by molar-refractivity contribution is 0.213. The average Bonchev–Trinajstić information content (AvgIpc) is 2.04. The molecule has 0 spiro atoms. The molecule has 0 aromatic rings. The van der Waals surface area contributed by atoms with E-state index in [0.717, 1.165) is 5.75 Å². The molecule has 10 heavy (non-hydrogen) atoms. The van der Waals surface area contributed by atoms with Gasteiger partial charge in [0, 0.05) is 16.9 Å². The first-order valence-electron chi connectivity index (χ1n) is 3.38. The van der Waals surface area contributed by atoms with Crippen LogP contribution in [0.1, 0.15) is 0 Å². The first kappa shape index (κ1) is 8.11. The Morgan fingerprint density at radius 2 is 2.20 bits per heavy atom. The summed E-state index contributed by atoms with van der Waals surface area (Å²) in [5, 5.41) is 17.8. The fourth-order valence-electron chi connectivity index (χ4n) is 1.02. The normalized spacial score (nSPS) is 32.6. The van der Waals surface area contributed by atoms with E-state index in [1.54, 1.807) is 11.8 Å². The minimum absolute atomic E-state index is 0.148. The van der Waals surface area contributed by atoms with E-state index in [4.69, 9.17) is 10.2 Å². The Kier molecular flexibility index (Phi) is 3.25. The SMILES string of the molecule is OCC1C=CCSC1CO. The van der Waals surface area contributed by atoms with Gasteiger partial charge in [-0.25, -0.2) is 0 Å². The van der Waals surface area contributed by atoms with Crippen molar-refractivity contribution in [1.82, 2.24) is 0 Å². The third-order valence-corrected chi connectivity index (χ3v) is 2.97. The van der Waals surface area contributed by atoms with Gasteiger partial charge in [-0.3, -0.25) is 0 Å². The van der Waals surface area contributed by atoms with Crippen molar-refractivity contribution < 1.29 is 10.2 Å². The van der Waals surface area contributed by atoms with Gasteiger partial charge in [0.1, 0.15) is 0 Å². The van der Waals surface area contributed by atoms with E-state index in [1.807, 2.05) is 12.2 Å². The van der Waals surface area contributed by atoms with E-state index in [1.165, 1.54) is 0 Å². The second-order valence-corrected chi connectivity index (χ2v) is 3.60. The zero-order chi connectivity index (χ0) is 7.40. The lowest BCUT2D eigenvalue weighted by Crippen LogP contribution is -2.25. The molecule has 0 radical (unpaired) electrons. The summed E-state index contributed by atoms with van der Waals surface area (Å²) in [6.45, 7) is 0.314. The van der Waals surface area contributed by atoms with Crippen LogP contribution in [0.4, 0.5) is 0 Å². The van der Waals surface area contributed by atoms with Gasteiger partial charge >= 0.3 is 0 Å². The molecule has 2 atom stereocenters. The van der Waals surface area contributed by atoms with Crippen molar-refractivity contribution in [3.8, 4) is 0 Å². The lowest BCUT2D eigenvalue weighted by atomic mass is 10.1. The summed E-state index contributed by atoms with van der Waals surface area (Å²) >= 11 is 1.70. The zero-order valence-electron chi connectivity index (χ0n) is 5.73. The maximum Gasteiger partial charge on any atom is 0.0556 e. The molecule has 0 bridgehead atoms. The first-order valence-corrected chi connectivity index (χ1v) is 4.43. The third kappa shape index (κ3) is 1.75. The summed E-state index contributed by atoms with van der Waals surface area (Å²) in [7, 11) is 0. The van der Waals surface area contributed by atoms with E-state index in [9.17, 15) is 0 Å². The van der Waals surface area contributed by atoms with Crippen LogP contribution < -0.4 is 0 Å². The van der Waals surface area contributed by atoms with Crippen LogP contribution >= 0.6 is 11.8 Å². The van der Waals surface area contributed by atoms with E-state index >= 15 is 0 Å². The molecule has 0 amide bonds. The lowest BCUT2D eigenvalue weighted by Gasteiger charge is -2.23. The fourth-order valence-corrected chi connectivity index (χ4v) is 2.02. The van der Waals surface area contributed by atoms with Crippen molar-refractivity contribution >= 4 is 11.8 Å². The van der Waals surface area contributed by atoms with Crippen molar-refractivity contribution in [2.75, 3.05) is 19.0 Å². The quantitative estimate of drug-likeness (QED) is 0.569. The van der Waals surface area contributed by atoms with Crippen LogP contribution in [0.15, 0.2) is 12.2 Å². The molecule has 0 saturated carbocycles. The molecule has 3 heteroatoms. The summed E-state index contributed by atoms with van der Waals surface area (Å²) < 4.78 is 0. The highest BCUT2D eigenvalue weighted by atomic mass is 32.2. The number of hydrogen-bond acceptors (Lipinski definition) is 3. The summed E-state index contributed by atoms with van der Waals surface area (Å²) in [4.78, 5) is 0. The van der Waals surface area contributed by atoms with E-state index in [-0.39, 0.29) is 24.4 Å². The molecule has 1 heterocycles. The number of aliphatic hydroxyl groups excluding tert-OH is 2. The van der Waals surface area contributed by atoms with Gasteiger partial charge in [0.15, 0.2) is 0 Å². The van der Waals surface area contributed by atoms with Crippen molar-refractivity contribution in [2.45, 2.75) is 5.25 Å². The second-order valence-electron chi connectivity index (χ2n) is 2.33. The molecule has 1 aliphatic heterocycles. The van der Waals surface area contributed by atoms with Gasteiger partial charge in [-0.15, -0.1) is 0 Å². The van der Waals surface area contributed by atoms with Crippen LogP contribution in [0, 0.1) is 5.92 Å². The van der Waals surface area contributed by atoms with Crippen molar-refractivity contribution in [3.05, 3.63) is 12.2 Å². The highest BCUT2D eigenvalue weighted by Crippen LogP contribution is 2.24. The molecule has 58 valence electrons. The van der Waals surface area contributed by atoms with E-state index in [0.29, 0.717) is 0 Å². The van der Waals surface area contributed by atoms with Crippen LogP contribution in [0.25, 0.3) is 0 Å². The van der Waals surface area contributed by atoms with Gasteiger partial charge in [0.05, 0.1) is 13.2 Å². The summed E-state index contributed by atoms with van der Waals surface area (Å²) in [5.74, 6) is 1.12. The maximum atomic E-state index is 8.83. The largest absolute Gasteiger partial charge is 0.396 e. The van der Waals surface area contributed by atoms with Gasteiger partial charge in [-0.2, -0.15) is 11.8 Å². The smallest absolute Gasteiger partial charge is 0.0556 e. The Hall–Kier alpha value is 0.01000. The Balaban J connectivity index is 2.47. The van der Waals surface area contributed by atoms with Crippen LogP contribution in [-0.2, 0) is 0 Å². The van der Waals surface area contributed by atoms with Crippen molar-refractivity contribution in [2.24, 2.45) is 5.92 Å². The molecule has 0 fully saturated rings. The van der Waals surface area contributed by atoms with Gasteiger partial charge in [0.25, 0.3) is 0 Å². The van der Waals surface area contributed by atoms with Gasteiger partial charge in [0.2, 0.25) is 0 Å². The highest BCUT2D eigenvalue weighted by Gasteiger charge is 2.19. The molecule has 0 saturated heterocycles. The monoisotopic (exact) mass is 160 g/mol. The third-order valence-electron chi connectivity index (χ3n) is 1.66. The van der Waals surface area contributed by atoms with E-state index in [2.05, 4.69) is 0 Å². The highest BCUT2D eigenvalue weighted by molar-refractivity contribution is 8.00. The van der Waals surface area contributed by atoms with Crippen LogP contribution in [0.3, 0.4) is 0 Å². The van der Waals surface area contributed by atoms with Crippen molar-refractivity contribution in [1.29, 1.82) is 0 Å². The van der Waals surface area contributed by atoms with Gasteiger partial charge in [-0.1, -0.05) is 12.2 Å². The van der Waals surface area contributed by atoms with Gasteiger partial charge in [-0.05, 0) is 0 Å². The van der Waals surface area contributed by atoms with Crippen molar-refractivity contribution in [3.63, 3.8) is 0 Å². The second kappa shape index (κ2) is 4.01. The molecule has 1 aliphatic rings. The molecule has 0 aromatic carbocycles. The average molecular weight is 160 g/mol. The Morgan fingerprint density at radius 3 is 2.70 bits per heavy atom. The minimum Gasteiger partial charge on any atom is -0.396 e. The Labute approximate surface area is 64.9 Å². The number of rotatable bonds is 2. The summed E-state index contributed by atoms with van der Waals surface area (Å²) in [6.07, 6.45) is 4.02. The van der Waals surface area contributed by atoms with Crippen LogP contribution in [0.2, 0.25) is 0 Å². The summed E-state index contributed by atoms with van der Waals surface area (Å²) in [6, 6.07) is 0. The maximum absolute atomic E-state index is 8.83. The molecule has 2 N–H and O–H groups in total. The number of aliphatic hydroxyl groups is 2. The molecular weight excluding hydrogens is 148 g/mol. The number of hydrogen-bond donors (Lipinski definition) is 2. The van der Waals surface area contributed by atoms with E-state index < -0.39 is 0 Å². The predicted octanol–water partition coefficient (Wildman–Crippen LogP) is 0.259. The van der Waals surface area contributed by atoms with Gasteiger partial charge < -0.3 is 10.2 Å². The molecular formula is C7H12O2S. The molecule has 0 aromatic heterocycles. The van der Waals surface area contributed by atoms with Crippen LogP contribution in [0.5, 0.6) is 0 Å². The molecule has 1 rings (SSSR count). The standard InChI is InChI=1S/C7H12O2S/c8-4-6-2-1-3-10-7(6)5-9/h1-2,6-9H,3-5H2. The Morgan fingerprint density at radius 1 is 1.40 bits per heavy atom. The number of thioether (sulfide) groups is 1. The predicted molar refractivity (Wildman–Crippen MR) is 43.0 cm³/mol. The summed E-state index contributed by atoms with van der Waals surface area (Å²) in [5.41, 5.74) is 0. The van der Waals surface area contributed by atoms with Crippen LogP contribution in [-0.4, -0.2) is 34.4 Å². The first-order chi connectivity index (χ1) is 4.88. The minimum atomic E-state index is 0.148. The Bertz CT molecular complexity index is 125. The zero-order valence-corrected chi connectivity index (χ0v) is 6.55.